The van der Waals surface area contributed by atoms with Crippen LogP contribution >= 0.6 is 10.3 Å². The quantitative estimate of drug-likeness (QED) is 0.272. The monoisotopic (exact) mass is 566 g/mol. The van der Waals surface area contributed by atoms with Gasteiger partial charge in [-0.2, -0.15) is 21.6 Å². The fraction of sp³-hybridized carbons (Fsp3) is 0.280. The molecule has 0 bridgehead atoms. The summed E-state index contributed by atoms with van der Waals surface area (Å²) in [5, 5.41) is 10.5. The van der Waals surface area contributed by atoms with Crippen LogP contribution in [0.3, 0.4) is 0 Å². The molecule has 1 unspecified atom stereocenters. The van der Waals surface area contributed by atoms with Crippen LogP contribution in [0.5, 0.6) is 0 Å². The number of rotatable bonds is 11. The van der Waals surface area contributed by atoms with Crippen LogP contribution in [-0.2, 0) is 13.7 Å². The van der Waals surface area contributed by atoms with E-state index in [0.717, 1.165) is 0 Å². The molecule has 0 spiro atoms. The van der Waals surface area contributed by atoms with E-state index in [1.165, 1.54) is 36.4 Å². The molecule has 1 atom stereocenters. The molecule has 3 aromatic rings. The van der Waals surface area contributed by atoms with Crippen LogP contribution < -0.4 is 0 Å². The second kappa shape index (κ2) is 11.1. The van der Waals surface area contributed by atoms with Crippen LogP contribution in [0.1, 0.15) is 0 Å². The molecule has 0 saturated heterocycles. The first-order valence-electron chi connectivity index (χ1n) is 10.8. The number of hydrogen-bond donors (Lipinski definition) is 1. The van der Waals surface area contributed by atoms with Crippen molar-refractivity contribution < 1.29 is 43.5 Å². The molecule has 0 fully saturated rings. The van der Waals surface area contributed by atoms with E-state index >= 15 is 0 Å². The highest BCUT2D eigenvalue weighted by atomic mass is 32.3. The van der Waals surface area contributed by atoms with Gasteiger partial charge in [0.15, 0.2) is 5.60 Å². The normalized spacial score (nSPS) is 15.2. The largest absolute Gasteiger partial charge is 0.419 e. The van der Waals surface area contributed by atoms with Crippen molar-refractivity contribution in [3.05, 3.63) is 91.0 Å². The first-order valence-corrected chi connectivity index (χ1v) is 13.9. The van der Waals surface area contributed by atoms with Gasteiger partial charge in [0.25, 0.3) is 10.1 Å². The number of aliphatic hydroxyl groups is 1. The third kappa shape index (κ3) is 5.38. The minimum absolute atomic E-state index is 0.277. The van der Waals surface area contributed by atoms with Crippen LogP contribution in [0.2, 0.25) is 0 Å². The second-order valence-electron chi connectivity index (χ2n) is 8.30. The van der Waals surface area contributed by atoms with E-state index in [1.807, 2.05) is 0 Å². The van der Waals surface area contributed by atoms with E-state index in [2.05, 4.69) is 0 Å². The molecular weight excluding hydrogens is 542 g/mol. The first-order chi connectivity index (χ1) is 17.4. The molecule has 0 aromatic heterocycles. The SMILES string of the molecule is O=S(=O)(CC(O)(C(F)(F)F)C(CF)(CF)CF)OS(c1ccccc1)(c1ccccc1)c1ccccc1. The molecule has 12 heteroatoms. The molecule has 4 nitrogen and oxygen atoms in total. The van der Waals surface area contributed by atoms with Crippen LogP contribution in [-0.4, -0.2) is 51.1 Å². The summed E-state index contributed by atoms with van der Waals surface area (Å²) < 4.78 is 116. The van der Waals surface area contributed by atoms with E-state index in [9.17, 15) is 39.9 Å². The maximum atomic E-state index is 14.0. The van der Waals surface area contributed by atoms with Gasteiger partial charge in [0.05, 0.1) is 5.41 Å². The maximum Gasteiger partial charge on any atom is 0.419 e. The van der Waals surface area contributed by atoms with Crippen LogP contribution in [0.15, 0.2) is 106 Å². The molecular formula is C25H24F6O4S2. The summed E-state index contributed by atoms with van der Waals surface area (Å²) in [5.41, 5.74) is -8.34. The fourth-order valence-corrected chi connectivity index (χ4v) is 9.57. The topological polar surface area (TPSA) is 63.6 Å². The minimum atomic E-state index is -5.92. The predicted molar refractivity (Wildman–Crippen MR) is 128 cm³/mol. The zero-order valence-corrected chi connectivity index (χ0v) is 20.9. The smallest absolute Gasteiger partial charge is 0.379 e. The fourth-order valence-electron chi connectivity index (χ4n) is 3.77. The maximum absolute atomic E-state index is 14.0. The molecule has 202 valence electrons. The van der Waals surface area contributed by atoms with Crippen LogP contribution in [0.4, 0.5) is 26.3 Å². The minimum Gasteiger partial charge on any atom is -0.379 e. The Bertz CT molecular complexity index is 1150. The Morgan fingerprint density at radius 2 is 0.973 bits per heavy atom. The average Bonchev–Trinajstić information content (AvgIpc) is 2.89. The van der Waals surface area contributed by atoms with Crippen molar-refractivity contribution in [2.24, 2.45) is 5.41 Å². The van der Waals surface area contributed by atoms with Gasteiger partial charge in [0, 0.05) is 14.7 Å². The van der Waals surface area contributed by atoms with E-state index in [1.54, 1.807) is 54.6 Å². The zero-order valence-electron chi connectivity index (χ0n) is 19.2. The molecule has 3 aromatic carbocycles. The highest BCUT2D eigenvalue weighted by Gasteiger charge is 2.69. The van der Waals surface area contributed by atoms with Crippen LogP contribution in [0, 0.1) is 5.41 Å². The van der Waals surface area contributed by atoms with Crippen molar-refractivity contribution in [1.29, 1.82) is 0 Å². The summed E-state index contributed by atoms with van der Waals surface area (Å²) >= 11 is 0. The van der Waals surface area contributed by atoms with E-state index in [-0.39, 0.29) is 14.7 Å². The van der Waals surface area contributed by atoms with Crippen molar-refractivity contribution in [1.82, 2.24) is 0 Å². The van der Waals surface area contributed by atoms with Crippen molar-refractivity contribution >= 4 is 20.4 Å². The van der Waals surface area contributed by atoms with Crippen molar-refractivity contribution in [3.8, 4) is 0 Å². The summed E-state index contributed by atoms with van der Waals surface area (Å²) in [7, 11) is -8.79. The van der Waals surface area contributed by atoms with Gasteiger partial charge < -0.3 is 5.11 Å². The third-order valence-corrected chi connectivity index (χ3v) is 11.2. The Balaban J connectivity index is 2.28. The lowest BCUT2D eigenvalue weighted by molar-refractivity contribution is -0.300. The Hall–Kier alpha value is -2.54. The Labute approximate surface area is 212 Å². The zero-order chi connectivity index (χ0) is 27.4. The highest BCUT2D eigenvalue weighted by molar-refractivity contribution is 8.33. The molecule has 0 aliphatic heterocycles. The molecule has 1 N–H and O–H groups in total. The molecule has 0 aliphatic carbocycles. The first kappa shape index (κ1) is 29.0. The lowest BCUT2D eigenvalue weighted by Gasteiger charge is -2.44. The predicted octanol–water partition coefficient (Wildman–Crippen LogP) is 6.42. The van der Waals surface area contributed by atoms with Gasteiger partial charge >= 0.3 is 6.18 Å². The molecule has 37 heavy (non-hydrogen) atoms. The van der Waals surface area contributed by atoms with Crippen molar-refractivity contribution in [2.45, 2.75) is 26.5 Å². The van der Waals surface area contributed by atoms with Gasteiger partial charge in [0.1, 0.15) is 25.8 Å². The average molecular weight is 567 g/mol. The number of alkyl halides is 6. The lowest BCUT2D eigenvalue weighted by atomic mass is 9.75. The van der Waals surface area contributed by atoms with Gasteiger partial charge in [-0.25, -0.2) is 3.63 Å². The van der Waals surface area contributed by atoms with Gasteiger partial charge in [-0.1, -0.05) is 54.6 Å². The molecule has 0 saturated carbocycles. The molecule has 0 radical (unpaired) electrons. The highest BCUT2D eigenvalue weighted by Crippen LogP contribution is 2.70. The second-order valence-corrected chi connectivity index (χ2v) is 12.8. The van der Waals surface area contributed by atoms with Gasteiger partial charge in [-0.15, -0.1) is 0 Å². The summed E-state index contributed by atoms with van der Waals surface area (Å²) in [4.78, 5) is 0.831. The van der Waals surface area contributed by atoms with Gasteiger partial charge in [-0.3, -0.25) is 13.2 Å². The van der Waals surface area contributed by atoms with Gasteiger partial charge in [-0.05, 0) is 46.7 Å². The van der Waals surface area contributed by atoms with Gasteiger partial charge in [0.2, 0.25) is 0 Å². The van der Waals surface area contributed by atoms with Crippen molar-refractivity contribution in [2.75, 3.05) is 25.8 Å². The molecule has 0 heterocycles. The molecule has 0 amide bonds. The molecule has 3 rings (SSSR count). The Morgan fingerprint density at radius 1 is 0.649 bits per heavy atom. The molecule has 0 aliphatic rings. The van der Waals surface area contributed by atoms with E-state index in [4.69, 9.17) is 3.63 Å². The summed E-state index contributed by atoms with van der Waals surface area (Å²) in [5.74, 6) is -2.33. The lowest BCUT2D eigenvalue weighted by Crippen LogP contribution is -2.65. The summed E-state index contributed by atoms with van der Waals surface area (Å²) in [6.45, 7) is -6.92. The number of benzene rings is 3. The number of hydrogen-bond acceptors (Lipinski definition) is 4. The van der Waals surface area contributed by atoms with Crippen LogP contribution in [0.25, 0.3) is 0 Å². The van der Waals surface area contributed by atoms with E-state index < -0.39 is 63.4 Å². The van der Waals surface area contributed by atoms with E-state index in [0.29, 0.717) is 0 Å². The summed E-state index contributed by atoms with van der Waals surface area (Å²) in [6.07, 6.45) is -5.92. The van der Waals surface area contributed by atoms with Crippen molar-refractivity contribution in [3.63, 3.8) is 0 Å². The standard InChI is InChI=1S/C25H24F6O4S2/c26-16-23(17-27,18-28)24(32,25(29,30)31)19-36(33,34)35-37(20-10-4-1-5-11-20,21-12-6-2-7-13-21)22-14-8-3-9-15-22/h1-15,32H,16-19H2. The Kier molecular flexibility index (Phi) is 8.68. The number of halogens is 6. The third-order valence-electron chi connectivity index (χ3n) is 5.93. The summed E-state index contributed by atoms with van der Waals surface area (Å²) in [6, 6.07) is 23.5. The Morgan fingerprint density at radius 3 is 1.24 bits per heavy atom.